The van der Waals surface area contributed by atoms with E-state index < -0.39 is 0 Å². The first-order valence-electron chi connectivity index (χ1n) is 7.67. The second-order valence-electron chi connectivity index (χ2n) is 5.76. The van der Waals surface area contributed by atoms with E-state index in [0.717, 1.165) is 43.0 Å². The van der Waals surface area contributed by atoms with E-state index in [0.29, 0.717) is 0 Å². The minimum Gasteiger partial charge on any atom is -0.370 e. The highest BCUT2D eigenvalue weighted by atomic mass is 15.2. The summed E-state index contributed by atoms with van der Waals surface area (Å²) < 4.78 is 0. The van der Waals surface area contributed by atoms with Gasteiger partial charge in [-0.1, -0.05) is 0 Å². The van der Waals surface area contributed by atoms with Gasteiger partial charge < -0.3 is 9.80 Å². The molecule has 0 N–H and O–H groups in total. The predicted molar refractivity (Wildman–Crippen MR) is 82.4 cm³/mol. The lowest BCUT2D eigenvalue weighted by Gasteiger charge is -2.21. The van der Waals surface area contributed by atoms with Crippen LogP contribution in [0.1, 0.15) is 25.7 Å². The third kappa shape index (κ3) is 1.99. The van der Waals surface area contributed by atoms with E-state index in [9.17, 15) is 0 Å². The molecule has 0 aromatic carbocycles. The Bertz CT molecular complexity index is 613. The number of hydrogen-bond acceptors (Lipinski definition) is 4. The van der Waals surface area contributed by atoms with Crippen LogP contribution in [-0.2, 0) is 0 Å². The van der Waals surface area contributed by atoms with Crippen LogP contribution < -0.4 is 9.80 Å². The molecule has 0 bridgehead atoms. The highest BCUT2D eigenvalue weighted by Crippen LogP contribution is 2.29. The second kappa shape index (κ2) is 4.93. The Morgan fingerprint density at radius 3 is 2.25 bits per heavy atom. The fourth-order valence-corrected chi connectivity index (χ4v) is 3.34. The van der Waals surface area contributed by atoms with E-state index in [4.69, 9.17) is 4.98 Å². The van der Waals surface area contributed by atoms with Crippen molar-refractivity contribution in [2.75, 3.05) is 36.0 Å². The smallest absolute Gasteiger partial charge is 0.129 e. The van der Waals surface area contributed by atoms with E-state index in [2.05, 4.69) is 33.0 Å². The molecule has 0 amide bonds. The van der Waals surface area contributed by atoms with Crippen molar-refractivity contribution in [3.63, 3.8) is 0 Å². The fraction of sp³-hybridized carbons (Fsp3) is 0.500. The average molecular weight is 268 g/mol. The first-order valence-corrected chi connectivity index (χ1v) is 7.67. The predicted octanol–water partition coefficient (Wildman–Crippen LogP) is 2.83. The number of nitrogens with zero attached hydrogens (tertiary/aromatic N) is 4. The summed E-state index contributed by atoms with van der Waals surface area (Å²) in [6.45, 7) is 4.57. The quantitative estimate of drug-likeness (QED) is 0.838. The maximum atomic E-state index is 4.92. The minimum atomic E-state index is 1.01. The topological polar surface area (TPSA) is 32.3 Å². The molecule has 104 valence electrons. The Morgan fingerprint density at radius 1 is 0.800 bits per heavy atom. The molecule has 2 aliphatic rings. The van der Waals surface area contributed by atoms with E-state index in [-0.39, 0.29) is 0 Å². The van der Waals surface area contributed by atoms with E-state index in [1.165, 1.54) is 31.4 Å². The SMILES string of the molecule is c1cc(N2CCCC2)c2nc(N3CCCC3)ccc2n1. The number of anilines is 2. The number of pyridine rings is 2. The summed E-state index contributed by atoms with van der Waals surface area (Å²) in [7, 11) is 0. The Labute approximate surface area is 119 Å². The van der Waals surface area contributed by atoms with Crippen molar-refractivity contribution in [2.24, 2.45) is 0 Å². The third-order valence-electron chi connectivity index (χ3n) is 4.42. The van der Waals surface area contributed by atoms with Gasteiger partial charge in [0, 0.05) is 32.4 Å². The molecule has 2 aromatic heterocycles. The zero-order valence-electron chi connectivity index (χ0n) is 11.8. The Kier molecular flexibility index (Phi) is 2.94. The zero-order chi connectivity index (χ0) is 13.4. The summed E-state index contributed by atoms with van der Waals surface area (Å²) in [6, 6.07) is 6.36. The Morgan fingerprint density at radius 2 is 1.50 bits per heavy atom. The average Bonchev–Trinajstić information content (AvgIpc) is 3.19. The van der Waals surface area contributed by atoms with Crippen LogP contribution >= 0.6 is 0 Å². The zero-order valence-corrected chi connectivity index (χ0v) is 11.8. The van der Waals surface area contributed by atoms with Gasteiger partial charge in [-0.2, -0.15) is 0 Å². The van der Waals surface area contributed by atoms with Crippen LogP contribution in [0.5, 0.6) is 0 Å². The summed E-state index contributed by atoms with van der Waals surface area (Å²) in [5.74, 6) is 1.11. The van der Waals surface area contributed by atoms with E-state index in [1.54, 1.807) is 0 Å². The van der Waals surface area contributed by atoms with Crippen molar-refractivity contribution in [1.29, 1.82) is 0 Å². The molecule has 2 aromatic rings. The maximum Gasteiger partial charge on any atom is 0.129 e. The molecule has 4 rings (SSSR count). The molecule has 0 spiro atoms. The van der Waals surface area contributed by atoms with Crippen LogP contribution in [0, 0.1) is 0 Å². The molecule has 0 saturated carbocycles. The van der Waals surface area contributed by atoms with Gasteiger partial charge in [-0.05, 0) is 43.9 Å². The molecule has 0 atom stereocenters. The van der Waals surface area contributed by atoms with Gasteiger partial charge in [0.15, 0.2) is 0 Å². The molecule has 2 fully saturated rings. The summed E-state index contributed by atoms with van der Waals surface area (Å²) in [4.78, 5) is 14.2. The van der Waals surface area contributed by atoms with E-state index in [1.807, 2.05) is 6.20 Å². The molecule has 20 heavy (non-hydrogen) atoms. The number of fused-ring (bicyclic) bond motifs is 1. The van der Waals surface area contributed by atoms with Crippen molar-refractivity contribution < 1.29 is 0 Å². The van der Waals surface area contributed by atoms with Crippen molar-refractivity contribution in [2.45, 2.75) is 25.7 Å². The molecule has 2 aliphatic heterocycles. The molecule has 0 radical (unpaired) electrons. The minimum absolute atomic E-state index is 1.01. The molecular weight excluding hydrogens is 248 g/mol. The molecule has 4 heterocycles. The number of rotatable bonds is 2. The van der Waals surface area contributed by atoms with Gasteiger partial charge in [0.25, 0.3) is 0 Å². The van der Waals surface area contributed by atoms with Crippen LogP contribution in [0.3, 0.4) is 0 Å². The van der Waals surface area contributed by atoms with Gasteiger partial charge in [-0.25, -0.2) is 4.98 Å². The Balaban J connectivity index is 1.80. The van der Waals surface area contributed by atoms with Gasteiger partial charge in [0.05, 0.1) is 11.2 Å². The summed E-state index contributed by atoms with van der Waals surface area (Å²) in [5.41, 5.74) is 3.34. The highest BCUT2D eigenvalue weighted by molar-refractivity contribution is 5.89. The van der Waals surface area contributed by atoms with Crippen LogP contribution in [0.4, 0.5) is 11.5 Å². The normalized spacial score (nSPS) is 19.2. The van der Waals surface area contributed by atoms with Crippen LogP contribution in [0.15, 0.2) is 24.4 Å². The number of aromatic nitrogens is 2. The lowest BCUT2D eigenvalue weighted by Crippen LogP contribution is -2.20. The van der Waals surface area contributed by atoms with Crippen molar-refractivity contribution >= 4 is 22.5 Å². The van der Waals surface area contributed by atoms with Gasteiger partial charge in [0.1, 0.15) is 11.3 Å². The molecular formula is C16H20N4. The maximum absolute atomic E-state index is 4.92. The monoisotopic (exact) mass is 268 g/mol. The molecule has 0 aliphatic carbocycles. The highest BCUT2D eigenvalue weighted by Gasteiger charge is 2.18. The lowest BCUT2D eigenvalue weighted by molar-refractivity contribution is 0.938. The molecule has 2 saturated heterocycles. The van der Waals surface area contributed by atoms with Gasteiger partial charge in [0.2, 0.25) is 0 Å². The first kappa shape index (κ1) is 11.9. The molecule has 4 nitrogen and oxygen atoms in total. The standard InChI is InChI=1S/C16H20N4/c1-2-10-19(9-1)14-7-8-17-13-5-6-15(18-16(13)14)20-11-3-4-12-20/h5-8H,1-4,9-12H2. The van der Waals surface area contributed by atoms with Crippen molar-refractivity contribution in [1.82, 2.24) is 9.97 Å². The van der Waals surface area contributed by atoms with Crippen molar-refractivity contribution in [3.05, 3.63) is 24.4 Å². The fourth-order valence-electron chi connectivity index (χ4n) is 3.34. The van der Waals surface area contributed by atoms with Crippen LogP contribution in [0.2, 0.25) is 0 Å². The van der Waals surface area contributed by atoms with E-state index >= 15 is 0 Å². The lowest BCUT2D eigenvalue weighted by atomic mass is 10.2. The van der Waals surface area contributed by atoms with Gasteiger partial charge in [-0.15, -0.1) is 0 Å². The first-order chi connectivity index (χ1) is 9.92. The van der Waals surface area contributed by atoms with Crippen molar-refractivity contribution in [3.8, 4) is 0 Å². The van der Waals surface area contributed by atoms with Crippen LogP contribution in [-0.4, -0.2) is 36.1 Å². The third-order valence-corrected chi connectivity index (χ3v) is 4.42. The Hall–Kier alpha value is -1.84. The number of hydrogen-bond donors (Lipinski definition) is 0. The summed E-state index contributed by atoms with van der Waals surface area (Å²) in [6.07, 6.45) is 7.05. The molecule has 4 heteroatoms. The summed E-state index contributed by atoms with van der Waals surface area (Å²) in [5, 5.41) is 0. The largest absolute Gasteiger partial charge is 0.370 e. The second-order valence-corrected chi connectivity index (χ2v) is 5.76. The van der Waals surface area contributed by atoms with Gasteiger partial charge in [-0.3, -0.25) is 4.98 Å². The molecule has 0 unspecified atom stereocenters. The summed E-state index contributed by atoms with van der Waals surface area (Å²) >= 11 is 0. The van der Waals surface area contributed by atoms with Crippen LogP contribution in [0.25, 0.3) is 11.0 Å². The van der Waals surface area contributed by atoms with Gasteiger partial charge >= 0.3 is 0 Å².